The van der Waals surface area contributed by atoms with Crippen molar-refractivity contribution in [3.8, 4) is 28.5 Å². The summed E-state index contributed by atoms with van der Waals surface area (Å²) in [7, 11) is 0. The maximum absolute atomic E-state index is 11.0. The van der Waals surface area contributed by atoms with Gasteiger partial charge >= 0.3 is 0 Å². The van der Waals surface area contributed by atoms with Gasteiger partial charge in [-0.3, -0.25) is 4.57 Å². The van der Waals surface area contributed by atoms with Gasteiger partial charge in [0.05, 0.1) is 10.9 Å². The van der Waals surface area contributed by atoms with Crippen LogP contribution in [-0.4, -0.2) is 19.6 Å². The van der Waals surface area contributed by atoms with E-state index in [-0.39, 0.29) is 11.4 Å². The van der Waals surface area contributed by atoms with Gasteiger partial charge in [0.2, 0.25) is 5.88 Å². The van der Waals surface area contributed by atoms with E-state index in [1.54, 1.807) is 4.57 Å². The average Bonchev–Trinajstić information content (AvgIpc) is 2.97. The third-order valence-electron chi connectivity index (χ3n) is 4.55. The second kappa shape index (κ2) is 6.56. The molecule has 0 aliphatic carbocycles. The molecule has 0 bridgehead atoms. The Labute approximate surface area is 163 Å². The second-order valence-electron chi connectivity index (χ2n) is 7.60. The van der Waals surface area contributed by atoms with Gasteiger partial charge in [-0.05, 0) is 50.6 Å². The van der Waals surface area contributed by atoms with Crippen molar-refractivity contribution in [2.24, 2.45) is 0 Å². The summed E-state index contributed by atoms with van der Waals surface area (Å²) in [5, 5.41) is 11.7. The van der Waals surface area contributed by atoms with Gasteiger partial charge in [0.1, 0.15) is 29.3 Å². The number of fused-ring (bicyclic) bond motifs is 1. The number of nitrogens with zero attached hydrogens (tertiary/aromatic N) is 3. The molecule has 142 valence electrons. The van der Waals surface area contributed by atoms with E-state index in [1.165, 1.54) is 6.33 Å². The SMILES string of the molecule is CC(C)(C)n1c(O)c(-c2ccc(Oc3ccccc3)cc2)c2c(N)ncnc21. The molecule has 2 aromatic heterocycles. The molecule has 0 saturated heterocycles. The minimum Gasteiger partial charge on any atom is -0.494 e. The van der Waals surface area contributed by atoms with Crippen LogP contribution < -0.4 is 10.5 Å². The lowest BCUT2D eigenvalue weighted by molar-refractivity contribution is 0.334. The molecule has 0 fully saturated rings. The lowest BCUT2D eigenvalue weighted by atomic mass is 10.1. The molecule has 0 amide bonds. The van der Waals surface area contributed by atoms with E-state index in [0.717, 1.165) is 11.3 Å². The van der Waals surface area contributed by atoms with Crippen molar-refractivity contribution in [1.29, 1.82) is 0 Å². The highest BCUT2D eigenvalue weighted by Crippen LogP contribution is 2.43. The van der Waals surface area contributed by atoms with Crippen molar-refractivity contribution >= 4 is 16.9 Å². The van der Waals surface area contributed by atoms with E-state index in [2.05, 4.69) is 9.97 Å². The smallest absolute Gasteiger partial charge is 0.202 e. The zero-order chi connectivity index (χ0) is 19.9. The van der Waals surface area contributed by atoms with Gasteiger partial charge < -0.3 is 15.6 Å². The number of aromatic hydroxyl groups is 1. The fourth-order valence-electron chi connectivity index (χ4n) is 3.35. The zero-order valence-corrected chi connectivity index (χ0v) is 16.0. The van der Waals surface area contributed by atoms with Gasteiger partial charge in [0, 0.05) is 5.54 Å². The number of rotatable bonds is 3. The van der Waals surface area contributed by atoms with E-state index in [1.807, 2.05) is 75.4 Å². The molecule has 0 aliphatic heterocycles. The van der Waals surface area contributed by atoms with Crippen molar-refractivity contribution in [2.75, 3.05) is 5.73 Å². The molecule has 0 saturated carbocycles. The van der Waals surface area contributed by atoms with Gasteiger partial charge in [0.25, 0.3) is 0 Å². The zero-order valence-electron chi connectivity index (χ0n) is 16.0. The Kier molecular flexibility index (Phi) is 4.19. The summed E-state index contributed by atoms with van der Waals surface area (Å²) in [5.74, 6) is 1.92. The third-order valence-corrected chi connectivity index (χ3v) is 4.55. The molecule has 6 nitrogen and oxygen atoms in total. The van der Waals surface area contributed by atoms with Gasteiger partial charge in [-0.15, -0.1) is 0 Å². The number of aromatic nitrogens is 3. The van der Waals surface area contributed by atoms with Crippen molar-refractivity contribution in [3.63, 3.8) is 0 Å². The van der Waals surface area contributed by atoms with Crippen LogP contribution in [0.15, 0.2) is 60.9 Å². The van der Waals surface area contributed by atoms with E-state index in [9.17, 15) is 5.11 Å². The minimum atomic E-state index is -0.377. The molecular formula is C22H22N4O2. The van der Waals surface area contributed by atoms with Crippen LogP contribution in [0.25, 0.3) is 22.2 Å². The number of ether oxygens (including phenoxy) is 1. The lowest BCUT2D eigenvalue weighted by Gasteiger charge is -2.22. The number of anilines is 1. The Morgan fingerprint density at radius 3 is 2.21 bits per heavy atom. The molecule has 0 radical (unpaired) electrons. The molecule has 3 N–H and O–H groups in total. The first-order chi connectivity index (χ1) is 13.4. The molecule has 2 heterocycles. The average molecular weight is 374 g/mol. The summed E-state index contributed by atoms with van der Waals surface area (Å²) in [5.41, 5.74) is 7.82. The van der Waals surface area contributed by atoms with E-state index in [0.29, 0.717) is 28.2 Å². The van der Waals surface area contributed by atoms with E-state index in [4.69, 9.17) is 10.5 Å². The van der Waals surface area contributed by atoms with Crippen LogP contribution >= 0.6 is 0 Å². The van der Waals surface area contributed by atoms with Crippen LogP contribution in [0.3, 0.4) is 0 Å². The predicted octanol–water partition coefficient (Wildman–Crippen LogP) is 4.93. The quantitative estimate of drug-likeness (QED) is 0.531. The first-order valence-corrected chi connectivity index (χ1v) is 9.04. The monoisotopic (exact) mass is 374 g/mol. The number of benzene rings is 2. The Balaban J connectivity index is 1.82. The van der Waals surface area contributed by atoms with E-state index >= 15 is 0 Å². The van der Waals surface area contributed by atoms with Gasteiger partial charge in [-0.2, -0.15) is 0 Å². The highest BCUT2D eigenvalue weighted by atomic mass is 16.5. The summed E-state index contributed by atoms with van der Waals surface area (Å²) in [6.07, 6.45) is 1.42. The first kappa shape index (κ1) is 17.9. The maximum atomic E-state index is 11.0. The Morgan fingerprint density at radius 2 is 1.57 bits per heavy atom. The molecule has 6 heteroatoms. The van der Waals surface area contributed by atoms with Gasteiger partial charge in [-0.1, -0.05) is 30.3 Å². The lowest BCUT2D eigenvalue weighted by Crippen LogP contribution is -2.21. The van der Waals surface area contributed by atoms with Crippen LogP contribution in [0.4, 0.5) is 5.82 Å². The van der Waals surface area contributed by atoms with Gasteiger partial charge in [-0.25, -0.2) is 9.97 Å². The fourth-order valence-corrected chi connectivity index (χ4v) is 3.35. The fraction of sp³-hybridized carbons (Fsp3) is 0.182. The number of hydrogen-bond donors (Lipinski definition) is 2. The third kappa shape index (κ3) is 3.03. The largest absolute Gasteiger partial charge is 0.494 e. The molecule has 0 unspecified atom stereocenters. The summed E-state index contributed by atoms with van der Waals surface area (Å²) >= 11 is 0. The number of nitrogen functional groups attached to an aromatic ring is 1. The molecule has 0 aliphatic rings. The van der Waals surface area contributed by atoms with Crippen LogP contribution in [0, 0.1) is 0 Å². The van der Waals surface area contributed by atoms with Crippen LogP contribution in [0.5, 0.6) is 17.4 Å². The normalized spacial score (nSPS) is 11.7. The summed E-state index contributed by atoms with van der Waals surface area (Å²) in [6.45, 7) is 6.01. The number of para-hydroxylation sites is 1. The molecule has 2 aromatic carbocycles. The molecular weight excluding hydrogens is 352 g/mol. The molecule has 4 rings (SSSR count). The standard InChI is InChI=1S/C22H22N4O2/c1-22(2,3)26-20-18(19(23)24-13-25-20)17(21(26)27)14-9-11-16(12-10-14)28-15-7-5-4-6-8-15/h4-13,27H,1-3H3,(H2,23,24,25). The Morgan fingerprint density at radius 1 is 0.929 bits per heavy atom. The molecule has 0 spiro atoms. The molecule has 28 heavy (non-hydrogen) atoms. The highest BCUT2D eigenvalue weighted by Gasteiger charge is 2.27. The summed E-state index contributed by atoms with van der Waals surface area (Å²) < 4.78 is 7.63. The second-order valence-corrected chi connectivity index (χ2v) is 7.60. The summed E-state index contributed by atoms with van der Waals surface area (Å²) in [4.78, 5) is 8.50. The van der Waals surface area contributed by atoms with Crippen LogP contribution in [0.2, 0.25) is 0 Å². The highest BCUT2D eigenvalue weighted by molar-refractivity contribution is 6.03. The summed E-state index contributed by atoms with van der Waals surface area (Å²) in [6, 6.07) is 17.1. The van der Waals surface area contributed by atoms with Gasteiger partial charge in [0.15, 0.2) is 0 Å². The Bertz CT molecular complexity index is 1130. The van der Waals surface area contributed by atoms with Crippen molar-refractivity contribution in [1.82, 2.24) is 14.5 Å². The van der Waals surface area contributed by atoms with Crippen LogP contribution in [0.1, 0.15) is 20.8 Å². The topological polar surface area (TPSA) is 86.2 Å². The van der Waals surface area contributed by atoms with Crippen molar-refractivity contribution in [3.05, 3.63) is 60.9 Å². The first-order valence-electron chi connectivity index (χ1n) is 9.04. The van der Waals surface area contributed by atoms with Crippen LogP contribution in [-0.2, 0) is 5.54 Å². The predicted molar refractivity (Wildman–Crippen MR) is 111 cm³/mol. The molecule has 4 aromatic rings. The molecule has 0 atom stereocenters. The van der Waals surface area contributed by atoms with E-state index < -0.39 is 0 Å². The van der Waals surface area contributed by atoms with Crippen molar-refractivity contribution < 1.29 is 9.84 Å². The minimum absolute atomic E-state index is 0.117. The maximum Gasteiger partial charge on any atom is 0.202 e. The number of hydrogen-bond acceptors (Lipinski definition) is 5. The van der Waals surface area contributed by atoms with Crippen molar-refractivity contribution in [2.45, 2.75) is 26.3 Å². The Hall–Kier alpha value is -3.54. The number of nitrogens with two attached hydrogens (primary N) is 1.